The minimum Gasteiger partial charge on any atom is -0.321 e. The largest absolute Gasteiger partial charge is 0.321 e. The predicted molar refractivity (Wildman–Crippen MR) is 206 cm³/mol. The van der Waals surface area contributed by atoms with Crippen LogP contribution >= 0.6 is 23.1 Å². The fourth-order valence-electron chi connectivity index (χ4n) is 5.42. The van der Waals surface area contributed by atoms with Crippen molar-refractivity contribution in [2.45, 2.75) is 37.3 Å². The second-order valence-corrected chi connectivity index (χ2v) is 14.2. The van der Waals surface area contributed by atoms with Gasteiger partial charge in [-0.1, -0.05) is 103 Å². The molecule has 0 aliphatic heterocycles. The number of amides is 3. The molecule has 0 saturated heterocycles. The zero-order valence-corrected chi connectivity index (χ0v) is 29.5. The Morgan fingerprint density at radius 2 is 1.54 bits per heavy atom. The number of benzene rings is 5. The highest BCUT2D eigenvalue weighted by molar-refractivity contribution is 8.00. The van der Waals surface area contributed by atoms with E-state index in [0.717, 1.165) is 37.4 Å². The first-order valence-electron chi connectivity index (χ1n) is 16.3. The maximum Gasteiger partial charge on any atom is 0.272 e. The Morgan fingerprint density at radius 3 is 2.32 bits per heavy atom. The Balaban J connectivity index is 1.18. The second-order valence-electron chi connectivity index (χ2n) is 11.7. The van der Waals surface area contributed by atoms with Crippen LogP contribution in [0.3, 0.4) is 0 Å². The number of anilines is 2. The van der Waals surface area contributed by atoms with Crippen LogP contribution in [0.4, 0.5) is 10.8 Å². The van der Waals surface area contributed by atoms with E-state index in [2.05, 4.69) is 28.1 Å². The van der Waals surface area contributed by atoms with Crippen molar-refractivity contribution in [1.29, 1.82) is 0 Å². The molecule has 0 spiro atoms. The fourth-order valence-corrected chi connectivity index (χ4v) is 7.27. The summed E-state index contributed by atoms with van der Waals surface area (Å²) in [5.41, 5.74) is 4.92. The number of nitrogens with zero attached hydrogens (tertiary/aromatic N) is 1. The molecule has 0 aliphatic carbocycles. The summed E-state index contributed by atoms with van der Waals surface area (Å²) in [4.78, 5) is 47.0. The molecule has 9 heteroatoms. The molecule has 0 saturated carbocycles. The van der Waals surface area contributed by atoms with E-state index in [9.17, 15) is 14.4 Å². The van der Waals surface area contributed by atoms with Crippen molar-refractivity contribution < 1.29 is 14.4 Å². The lowest BCUT2D eigenvalue weighted by atomic mass is 10.0. The molecule has 0 radical (unpaired) electrons. The van der Waals surface area contributed by atoms with Gasteiger partial charge in [-0.25, -0.2) is 4.98 Å². The van der Waals surface area contributed by atoms with Gasteiger partial charge >= 0.3 is 0 Å². The highest BCUT2D eigenvalue weighted by Gasteiger charge is 2.21. The summed E-state index contributed by atoms with van der Waals surface area (Å²) >= 11 is 2.87. The molecule has 1 aromatic heterocycles. The Bertz CT molecular complexity index is 2190. The Hall–Kier alpha value is -5.51. The van der Waals surface area contributed by atoms with Crippen LogP contribution in [0.1, 0.15) is 39.7 Å². The monoisotopic (exact) mass is 696 g/mol. The summed E-state index contributed by atoms with van der Waals surface area (Å²) < 4.78 is 0. The summed E-state index contributed by atoms with van der Waals surface area (Å²) in [6.45, 7) is 6.02. The third kappa shape index (κ3) is 8.37. The molecule has 50 heavy (non-hydrogen) atoms. The molecule has 6 rings (SSSR count). The van der Waals surface area contributed by atoms with Crippen LogP contribution < -0.4 is 16.0 Å². The lowest BCUT2D eigenvalue weighted by Gasteiger charge is -2.15. The maximum atomic E-state index is 13.8. The molecule has 6 aromatic rings. The standard InChI is InChI=1S/C41H36N4O3S2/c1-4-36(40(48)45-41-44-37(27(3)49-41)29-22-20-26(2)21-23-29)50-33-18-11-17-32(25-33)42-39(47)35(43-38(46)30-13-6-5-7-14-30)24-31-16-10-15-28-12-8-9-19-34(28)31/h5-25,36H,4H2,1-3H3,(H,42,47)(H,43,46)(H,44,45,48)/b35-24+. The molecular weight excluding hydrogens is 661 g/mol. The quantitative estimate of drug-likeness (QED) is 0.0926. The van der Waals surface area contributed by atoms with Crippen molar-refractivity contribution >= 4 is 68.5 Å². The first-order valence-corrected chi connectivity index (χ1v) is 18.0. The molecule has 3 amide bonds. The van der Waals surface area contributed by atoms with E-state index >= 15 is 0 Å². The topological polar surface area (TPSA) is 100 Å². The number of fused-ring (bicyclic) bond motifs is 1. The number of carbonyl (C=O) groups excluding carboxylic acids is 3. The summed E-state index contributed by atoms with van der Waals surface area (Å²) in [5, 5.41) is 10.9. The number of nitrogens with one attached hydrogen (secondary N) is 3. The minimum atomic E-state index is -0.474. The van der Waals surface area contributed by atoms with Crippen LogP contribution in [0.5, 0.6) is 0 Å². The Labute approximate surface area is 299 Å². The molecular formula is C41H36N4O3S2. The van der Waals surface area contributed by atoms with Gasteiger partial charge in [0, 0.05) is 26.6 Å². The number of hydrogen-bond donors (Lipinski definition) is 3. The van der Waals surface area contributed by atoms with Gasteiger partial charge in [0.15, 0.2) is 5.13 Å². The predicted octanol–water partition coefficient (Wildman–Crippen LogP) is 9.50. The lowest BCUT2D eigenvalue weighted by Crippen LogP contribution is -2.30. The number of thioether (sulfide) groups is 1. The average molecular weight is 697 g/mol. The van der Waals surface area contributed by atoms with E-state index in [4.69, 9.17) is 4.98 Å². The van der Waals surface area contributed by atoms with Crippen molar-refractivity contribution in [3.63, 3.8) is 0 Å². The Morgan fingerprint density at radius 1 is 0.820 bits per heavy atom. The van der Waals surface area contributed by atoms with Crippen molar-refractivity contribution in [3.8, 4) is 11.3 Å². The van der Waals surface area contributed by atoms with Gasteiger partial charge in [0.1, 0.15) is 5.70 Å². The third-order valence-electron chi connectivity index (χ3n) is 8.04. The van der Waals surface area contributed by atoms with E-state index in [-0.39, 0.29) is 16.9 Å². The van der Waals surface area contributed by atoms with Crippen LogP contribution in [-0.4, -0.2) is 28.0 Å². The first kappa shape index (κ1) is 34.4. The van der Waals surface area contributed by atoms with Gasteiger partial charge in [-0.3, -0.25) is 14.4 Å². The smallest absolute Gasteiger partial charge is 0.272 e. The van der Waals surface area contributed by atoms with Gasteiger partial charge in [-0.15, -0.1) is 23.1 Å². The fraction of sp³-hybridized carbons (Fsp3) is 0.122. The molecule has 250 valence electrons. The Kier molecular flexibility index (Phi) is 10.9. The summed E-state index contributed by atoms with van der Waals surface area (Å²) in [7, 11) is 0. The molecule has 0 bridgehead atoms. The summed E-state index contributed by atoms with van der Waals surface area (Å²) in [6.07, 6.45) is 2.28. The normalized spacial score (nSPS) is 11.9. The van der Waals surface area contributed by atoms with Crippen LogP contribution in [-0.2, 0) is 9.59 Å². The van der Waals surface area contributed by atoms with Crippen LogP contribution in [0.2, 0.25) is 0 Å². The maximum absolute atomic E-state index is 13.8. The van der Waals surface area contributed by atoms with E-state index in [1.807, 2.05) is 99.6 Å². The molecule has 1 heterocycles. The zero-order valence-electron chi connectivity index (χ0n) is 27.9. The number of carbonyl (C=O) groups is 3. The van der Waals surface area contributed by atoms with Crippen molar-refractivity contribution in [2.24, 2.45) is 0 Å². The van der Waals surface area contributed by atoms with Gasteiger partial charge in [-0.05, 0) is 73.0 Å². The van der Waals surface area contributed by atoms with Crippen LogP contribution in [0, 0.1) is 13.8 Å². The lowest BCUT2D eigenvalue weighted by molar-refractivity contribution is -0.116. The van der Waals surface area contributed by atoms with Crippen molar-refractivity contribution in [2.75, 3.05) is 10.6 Å². The number of aryl methyl sites for hydroxylation is 2. The molecule has 5 aromatic carbocycles. The van der Waals surface area contributed by atoms with Crippen LogP contribution in [0.25, 0.3) is 28.1 Å². The third-order valence-corrected chi connectivity index (χ3v) is 10.3. The molecule has 1 unspecified atom stereocenters. The van der Waals surface area contributed by atoms with E-state index in [0.29, 0.717) is 22.8 Å². The molecule has 0 fully saturated rings. The second kappa shape index (κ2) is 15.8. The van der Waals surface area contributed by atoms with Gasteiger partial charge in [0.25, 0.3) is 11.8 Å². The van der Waals surface area contributed by atoms with Crippen LogP contribution in [0.15, 0.2) is 132 Å². The number of thiazole rings is 1. The van der Waals surface area contributed by atoms with E-state index < -0.39 is 11.8 Å². The highest BCUT2D eigenvalue weighted by atomic mass is 32.2. The van der Waals surface area contributed by atoms with Gasteiger partial charge in [0.2, 0.25) is 5.91 Å². The molecule has 3 N–H and O–H groups in total. The van der Waals surface area contributed by atoms with E-state index in [1.54, 1.807) is 36.4 Å². The zero-order chi connectivity index (χ0) is 35.0. The molecule has 0 aliphatic rings. The summed E-state index contributed by atoms with van der Waals surface area (Å²) in [6, 6.07) is 38.0. The van der Waals surface area contributed by atoms with E-state index in [1.165, 1.54) is 28.7 Å². The van der Waals surface area contributed by atoms with Crippen molar-refractivity contribution in [1.82, 2.24) is 10.3 Å². The SMILES string of the molecule is CCC(Sc1cccc(NC(=O)/C(=C\c2cccc3ccccc23)NC(=O)c2ccccc2)c1)C(=O)Nc1nc(-c2ccc(C)cc2)c(C)s1. The molecule has 1 atom stereocenters. The van der Waals surface area contributed by atoms with Gasteiger partial charge < -0.3 is 16.0 Å². The number of aromatic nitrogens is 1. The summed E-state index contributed by atoms with van der Waals surface area (Å²) in [5.74, 6) is -1.01. The number of hydrogen-bond acceptors (Lipinski definition) is 6. The first-order chi connectivity index (χ1) is 24.3. The van der Waals surface area contributed by atoms with Crippen molar-refractivity contribution in [3.05, 3.63) is 149 Å². The minimum absolute atomic E-state index is 0.0998. The average Bonchev–Trinajstić information content (AvgIpc) is 3.50. The number of rotatable bonds is 11. The molecule has 7 nitrogen and oxygen atoms in total. The van der Waals surface area contributed by atoms with Gasteiger partial charge in [0.05, 0.1) is 10.9 Å². The van der Waals surface area contributed by atoms with Gasteiger partial charge in [-0.2, -0.15) is 0 Å². The highest BCUT2D eigenvalue weighted by Crippen LogP contribution is 2.33.